The number of aromatic nitrogens is 7. The molecule has 0 saturated heterocycles. The number of benzene rings is 1. The third-order valence-electron chi connectivity index (χ3n) is 5.93. The van der Waals surface area contributed by atoms with E-state index in [0.717, 1.165) is 0 Å². The number of nitrogens with one attached hydrogen (secondary N) is 1. The van der Waals surface area contributed by atoms with Crippen LogP contribution in [0.2, 0.25) is 5.02 Å². The summed E-state index contributed by atoms with van der Waals surface area (Å²) in [5.41, 5.74) is 7.41. The van der Waals surface area contributed by atoms with Gasteiger partial charge in [0, 0.05) is 35.3 Å². The van der Waals surface area contributed by atoms with E-state index in [1.165, 1.54) is 29.2 Å². The second-order valence-electron chi connectivity index (χ2n) is 8.27. The number of halogens is 2. The SMILES string of the molecule is C=C(NC(=NCC)C1CCc2nc(-c3cc(Cl)ccc3-n3cnnn3)cc(=O)n21)c1ccc(N)nc1F. The first-order chi connectivity index (χ1) is 17.9. The summed E-state index contributed by atoms with van der Waals surface area (Å²) in [6.07, 6.45) is 2.56. The Morgan fingerprint density at radius 1 is 1.30 bits per heavy atom. The molecule has 1 aliphatic rings. The number of amidine groups is 1. The topological polar surface area (TPSA) is 142 Å². The zero-order chi connectivity index (χ0) is 26.1. The monoisotopic (exact) mass is 520 g/mol. The number of hydrogen-bond donors (Lipinski definition) is 2. The summed E-state index contributed by atoms with van der Waals surface area (Å²) in [4.78, 5) is 26.4. The number of nitrogens with two attached hydrogens (primary N) is 1. The van der Waals surface area contributed by atoms with Crippen LogP contribution < -0.4 is 16.6 Å². The Kier molecular flexibility index (Phi) is 6.49. The van der Waals surface area contributed by atoms with Crippen molar-refractivity contribution >= 4 is 29.0 Å². The average Bonchev–Trinajstić information content (AvgIpc) is 3.54. The van der Waals surface area contributed by atoms with Crippen LogP contribution in [-0.2, 0) is 6.42 Å². The van der Waals surface area contributed by atoms with E-state index in [4.69, 9.17) is 22.3 Å². The predicted molar refractivity (Wildman–Crippen MR) is 138 cm³/mol. The Balaban J connectivity index is 1.50. The highest BCUT2D eigenvalue weighted by Gasteiger charge is 2.30. The zero-order valence-electron chi connectivity index (χ0n) is 19.8. The summed E-state index contributed by atoms with van der Waals surface area (Å²) in [6.45, 7) is 6.25. The molecular formula is C24H22ClFN10O. The molecule has 0 fully saturated rings. The zero-order valence-corrected chi connectivity index (χ0v) is 20.5. The van der Waals surface area contributed by atoms with Gasteiger partial charge in [-0.05, 0) is 54.1 Å². The first-order valence-electron chi connectivity index (χ1n) is 11.4. The van der Waals surface area contributed by atoms with Gasteiger partial charge in [0.25, 0.3) is 5.56 Å². The standard InChI is InChI=1S/C24H22ClFN10O/c1-3-28-24(30-13(2)15-5-8-20(27)32-23(15)26)19-7-9-21-31-17(11-22(37)36(19)21)16-10-14(25)4-6-18(16)35-12-29-33-34-35/h4-6,8,10-12,19H,2-3,7,9H2,1H3,(H2,27,32)(H,28,30). The van der Waals surface area contributed by atoms with Gasteiger partial charge in [-0.25, -0.2) is 9.97 Å². The Hall–Kier alpha value is -4.45. The summed E-state index contributed by atoms with van der Waals surface area (Å²) in [5.74, 6) is 0.393. The summed E-state index contributed by atoms with van der Waals surface area (Å²) >= 11 is 6.26. The van der Waals surface area contributed by atoms with Crippen LogP contribution in [0.15, 0.2) is 59.1 Å². The minimum absolute atomic E-state index is 0.0672. The van der Waals surface area contributed by atoms with E-state index < -0.39 is 12.0 Å². The lowest BCUT2D eigenvalue weighted by molar-refractivity contribution is 0.580. The molecule has 0 radical (unpaired) electrons. The molecule has 4 heterocycles. The minimum atomic E-state index is -0.747. The largest absolute Gasteiger partial charge is 0.384 e. The van der Waals surface area contributed by atoms with Crippen LogP contribution in [0.5, 0.6) is 0 Å². The van der Waals surface area contributed by atoms with Crippen LogP contribution in [0.4, 0.5) is 10.2 Å². The van der Waals surface area contributed by atoms with Gasteiger partial charge in [0.2, 0.25) is 5.95 Å². The van der Waals surface area contributed by atoms with Crippen molar-refractivity contribution in [2.75, 3.05) is 12.3 Å². The highest BCUT2D eigenvalue weighted by atomic mass is 35.5. The van der Waals surface area contributed by atoms with Crippen LogP contribution in [0.1, 0.15) is 30.8 Å². The van der Waals surface area contributed by atoms with Crippen molar-refractivity contribution in [3.05, 3.63) is 82.0 Å². The molecule has 1 aromatic carbocycles. The van der Waals surface area contributed by atoms with Crippen molar-refractivity contribution in [3.8, 4) is 16.9 Å². The molecular weight excluding hydrogens is 499 g/mol. The van der Waals surface area contributed by atoms with Crippen molar-refractivity contribution in [1.82, 2.24) is 40.1 Å². The van der Waals surface area contributed by atoms with Crippen LogP contribution in [0.25, 0.3) is 22.6 Å². The molecule has 0 spiro atoms. The maximum atomic E-state index is 14.4. The van der Waals surface area contributed by atoms with Crippen molar-refractivity contribution in [1.29, 1.82) is 0 Å². The molecule has 1 unspecified atom stereocenters. The molecule has 188 valence electrons. The lowest BCUT2D eigenvalue weighted by atomic mass is 10.1. The van der Waals surface area contributed by atoms with E-state index >= 15 is 0 Å². The maximum absolute atomic E-state index is 14.4. The molecule has 13 heteroatoms. The summed E-state index contributed by atoms with van der Waals surface area (Å²) < 4.78 is 17.4. The third kappa shape index (κ3) is 4.70. The number of aryl methyl sites for hydroxylation is 1. The fourth-order valence-electron chi connectivity index (χ4n) is 4.32. The second kappa shape index (κ2) is 9.90. The highest BCUT2D eigenvalue weighted by molar-refractivity contribution is 6.31. The van der Waals surface area contributed by atoms with Gasteiger partial charge in [0.05, 0.1) is 23.0 Å². The molecule has 11 nitrogen and oxygen atoms in total. The van der Waals surface area contributed by atoms with Crippen molar-refractivity contribution in [3.63, 3.8) is 0 Å². The third-order valence-corrected chi connectivity index (χ3v) is 6.16. The molecule has 0 bridgehead atoms. The number of anilines is 1. The number of fused-ring (bicyclic) bond motifs is 1. The van der Waals surface area contributed by atoms with E-state index in [0.29, 0.717) is 53.0 Å². The average molecular weight is 521 g/mol. The summed E-state index contributed by atoms with van der Waals surface area (Å²) in [5, 5.41) is 14.9. The van der Waals surface area contributed by atoms with Gasteiger partial charge in [-0.1, -0.05) is 18.2 Å². The predicted octanol–water partition coefficient (Wildman–Crippen LogP) is 2.82. The second-order valence-corrected chi connectivity index (χ2v) is 8.71. The summed E-state index contributed by atoms with van der Waals surface area (Å²) in [7, 11) is 0. The van der Waals surface area contributed by atoms with E-state index in [1.54, 1.807) is 22.8 Å². The Bertz CT molecular complexity index is 1580. The van der Waals surface area contributed by atoms with Crippen LogP contribution in [0, 0.1) is 5.95 Å². The van der Waals surface area contributed by atoms with E-state index in [-0.39, 0.29) is 22.6 Å². The van der Waals surface area contributed by atoms with Gasteiger partial charge in [-0.3, -0.25) is 14.4 Å². The quantitative estimate of drug-likeness (QED) is 0.224. The van der Waals surface area contributed by atoms with E-state index in [2.05, 4.69) is 37.4 Å². The molecule has 1 atom stereocenters. The van der Waals surface area contributed by atoms with Gasteiger partial charge in [-0.15, -0.1) is 5.10 Å². The van der Waals surface area contributed by atoms with E-state index in [1.807, 2.05) is 6.92 Å². The fraction of sp³-hybridized carbons (Fsp3) is 0.208. The fourth-order valence-corrected chi connectivity index (χ4v) is 4.49. The van der Waals surface area contributed by atoms with Gasteiger partial charge < -0.3 is 11.1 Å². The molecule has 0 saturated carbocycles. The molecule has 0 aliphatic carbocycles. The Morgan fingerprint density at radius 2 is 2.14 bits per heavy atom. The Morgan fingerprint density at radius 3 is 2.86 bits per heavy atom. The lowest BCUT2D eigenvalue weighted by Crippen LogP contribution is -2.35. The molecule has 37 heavy (non-hydrogen) atoms. The molecule has 3 N–H and O–H groups in total. The number of pyridine rings is 1. The van der Waals surface area contributed by atoms with E-state index in [9.17, 15) is 9.18 Å². The molecule has 0 amide bonds. The molecule has 3 aromatic heterocycles. The molecule has 4 aromatic rings. The normalized spacial score (nSPS) is 15.0. The van der Waals surface area contributed by atoms with Crippen LogP contribution in [0.3, 0.4) is 0 Å². The first-order valence-corrected chi connectivity index (χ1v) is 11.8. The van der Waals surface area contributed by atoms with Gasteiger partial charge in [0.1, 0.15) is 23.8 Å². The van der Waals surface area contributed by atoms with Crippen LogP contribution in [-0.4, -0.2) is 47.1 Å². The maximum Gasteiger partial charge on any atom is 0.254 e. The smallest absolute Gasteiger partial charge is 0.254 e. The number of aliphatic imine (C=N–C) groups is 1. The number of tetrazole rings is 1. The number of hydrogen-bond acceptors (Lipinski definition) is 8. The lowest BCUT2D eigenvalue weighted by Gasteiger charge is -2.20. The first kappa shape index (κ1) is 24.3. The Labute approximate surface area is 215 Å². The van der Waals surface area contributed by atoms with Gasteiger partial charge in [-0.2, -0.15) is 9.07 Å². The van der Waals surface area contributed by atoms with Crippen molar-refractivity contribution in [2.45, 2.75) is 25.8 Å². The van der Waals surface area contributed by atoms with Gasteiger partial charge >= 0.3 is 0 Å². The van der Waals surface area contributed by atoms with Crippen LogP contribution >= 0.6 is 11.6 Å². The molecule has 5 rings (SSSR count). The minimum Gasteiger partial charge on any atom is -0.384 e. The number of nitrogen functional groups attached to an aromatic ring is 1. The highest BCUT2D eigenvalue weighted by Crippen LogP contribution is 2.30. The van der Waals surface area contributed by atoms with Crippen molar-refractivity contribution in [2.24, 2.45) is 4.99 Å². The molecule has 1 aliphatic heterocycles. The van der Waals surface area contributed by atoms with Crippen molar-refractivity contribution < 1.29 is 4.39 Å². The number of nitrogens with zero attached hydrogens (tertiary/aromatic N) is 8. The summed E-state index contributed by atoms with van der Waals surface area (Å²) in [6, 6.07) is 9.19. The van der Waals surface area contributed by atoms with Gasteiger partial charge in [0.15, 0.2) is 0 Å². The number of rotatable bonds is 6.